The SMILES string of the molecule is Cc1c(C2(C3=CC=CC(c4ccccc4)=C(OCCO)C3)c3ccccc3-c3ccccc32)ccc(CCCO)c1-c1ccccc1. The molecule has 2 aliphatic rings. The molecule has 5 aromatic carbocycles. The molecule has 47 heavy (non-hydrogen) atoms. The maximum Gasteiger partial charge on any atom is 0.111 e. The molecule has 2 N–H and O–H groups in total. The van der Waals surface area contributed by atoms with E-state index in [1.54, 1.807) is 0 Å². The van der Waals surface area contributed by atoms with Crippen molar-refractivity contribution < 1.29 is 14.9 Å². The van der Waals surface area contributed by atoms with Gasteiger partial charge in [0.2, 0.25) is 0 Å². The van der Waals surface area contributed by atoms with E-state index in [1.807, 2.05) is 6.07 Å². The zero-order valence-corrected chi connectivity index (χ0v) is 26.8. The minimum Gasteiger partial charge on any atom is -0.495 e. The number of hydrogen-bond donors (Lipinski definition) is 2. The summed E-state index contributed by atoms with van der Waals surface area (Å²) in [4.78, 5) is 0. The van der Waals surface area contributed by atoms with Crippen molar-refractivity contribution in [3.63, 3.8) is 0 Å². The summed E-state index contributed by atoms with van der Waals surface area (Å²) in [5.41, 5.74) is 13.9. The van der Waals surface area contributed by atoms with Crippen LogP contribution in [0.25, 0.3) is 27.8 Å². The average Bonchev–Trinajstić information content (AvgIpc) is 3.25. The standard InChI is InChI=1S/C44H40O3/c1-31-39(26-25-34(18-13-27-45)43(31)33-16-6-3-7-17-33)44(40-23-10-8-20-37(40)38-21-9-11-24-41(38)44)35-19-12-22-36(32-14-4-2-5-15-32)42(30-35)47-29-28-46/h2-12,14-17,19-26,45-46H,13,18,27-30H2,1H3. The van der Waals surface area contributed by atoms with Crippen LogP contribution < -0.4 is 0 Å². The third kappa shape index (κ3) is 5.36. The first kappa shape index (κ1) is 30.7. The van der Waals surface area contributed by atoms with Crippen LogP contribution in [0.2, 0.25) is 0 Å². The summed E-state index contributed by atoms with van der Waals surface area (Å²) in [6.45, 7) is 2.60. The van der Waals surface area contributed by atoms with Gasteiger partial charge in [-0.2, -0.15) is 0 Å². The van der Waals surface area contributed by atoms with E-state index in [9.17, 15) is 10.2 Å². The highest BCUT2D eigenvalue weighted by atomic mass is 16.5. The summed E-state index contributed by atoms with van der Waals surface area (Å²) in [6, 6.07) is 43.3. The van der Waals surface area contributed by atoms with Crippen molar-refractivity contribution in [3.05, 3.63) is 184 Å². The van der Waals surface area contributed by atoms with Crippen LogP contribution in [0.1, 0.15) is 46.2 Å². The number of aliphatic hydroxyl groups is 2. The number of aliphatic hydroxyl groups excluding tert-OH is 2. The Morgan fingerprint density at radius 3 is 1.91 bits per heavy atom. The molecule has 0 saturated heterocycles. The molecule has 0 heterocycles. The summed E-state index contributed by atoms with van der Waals surface area (Å²) in [7, 11) is 0. The first-order valence-corrected chi connectivity index (χ1v) is 16.6. The second-order valence-electron chi connectivity index (χ2n) is 12.3. The van der Waals surface area contributed by atoms with Crippen LogP contribution >= 0.6 is 0 Å². The summed E-state index contributed by atoms with van der Waals surface area (Å²) in [5, 5.41) is 19.6. The van der Waals surface area contributed by atoms with E-state index in [0.29, 0.717) is 12.8 Å². The molecule has 0 radical (unpaired) electrons. The first-order valence-electron chi connectivity index (χ1n) is 16.6. The van der Waals surface area contributed by atoms with Gasteiger partial charge in [0.15, 0.2) is 0 Å². The average molecular weight is 617 g/mol. The van der Waals surface area contributed by atoms with Gasteiger partial charge in [0.05, 0.1) is 12.0 Å². The maximum absolute atomic E-state index is 9.86. The lowest BCUT2D eigenvalue weighted by molar-refractivity contribution is 0.142. The second kappa shape index (κ2) is 13.4. The predicted molar refractivity (Wildman–Crippen MR) is 192 cm³/mol. The summed E-state index contributed by atoms with van der Waals surface area (Å²) >= 11 is 0. The molecule has 0 spiro atoms. The number of aryl methyl sites for hydroxylation is 1. The molecular weight excluding hydrogens is 576 g/mol. The van der Waals surface area contributed by atoms with Crippen molar-refractivity contribution >= 4 is 5.57 Å². The molecule has 0 fully saturated rings. The Morgan fingerprint density at radius 2 is 1.28 bits per heavy atom. The molecule has 0 unspecified atom stereocenters. The van der Waals surface area contributed by atoms with E-state index in [1.165, 1.54) is 55.6 Å². The van der Waals surface area contributed by atoms with Gasteiger partial charge in [-0.05, 0) is 81.0 Å². The van der Waals surface area contributed by atoms with Gasteiger partial charge in [-0.3, -0.25) is 0 Å². The Balaban J connectivity index is 1.53. The number of fused-ring (bicyclic) bond motifs is 3. The van der Waals surface area contributed by atoms with Gasteiger partial charge in [0, 0.05) is 18.6 Å². The van der Waals surface area contributed by atoms with Gasteiger partial charge in [0.25, 0.3) is 0 Å². The summed E-state index contributed by atoms with van der Waals surface area (Å²) in [5.74, 6) is 0.854. The van der Waals surface area contributed by atoms with Crippen molar-refractivity contribution in [2.45, 2.75) is 31.6 Å². The Morgan fingerprint density at radius 1 is 0.660 bits per heavy atom. The van der Waals surface area contributed by atoms with E-state index < -0.39 is 5.41 Å². The largest absolute Gasteiger partial charge is 0.495 e. The maximum atomic E-state index is 9.86. The normalized spacial score (nSPS) is 14.7. The predicted octanol–water partition coefficient (Wildman–Crippen LogP) is 9.21. The van der Waals surface area contributed by atoms with Crippen LogP contribution in [0.15, 0.2) is 151 Å². The van der Waals surface area contributed by atoms with E-state index in [0.717, 1.165) is 23.3 Å². The fraction of sp³-hybridized carbons (Fsp3) is 0.182. The monoisotopic (exact) mass is 616 g/mol. The molecule has 3 nitrogen and oxygen atoms in total. The van der Waals surface area contributed by atoms with E-state index in [2.05, 4.69) is 140 Å². The molecule has 0 aromatic heterocycles. The van der Waals surface area contributed by atoms with Crippen molar-refractivity contribution in [1.29, 1.82) is 0 Å². The van der Waals surface area contributed by atoms with Gasteiger partial charge in [-0.25, -0.2) is 0 Å². The molecular formula is C44H40O3. The second-order valence-corrected chi connectivity index (χ2v) is 12.3. The fourth-order valence-corrected chi connectivity index (χ4v) is 7.81. The lowest BCUT2D eigenvalue weighted by atomic mass is 9.64. The minimum atomic E-state index is -0.597. The lowest BCUT2D eigenvalue weighted by Crippen LogP contribution is -2.31. The Labute approximate surface area is 277 Å². The molecule has 0 aliphatic heterocycles. The zero-order chi connectivity index (χ0) is 32.2. The topological polar surface area (TPSA) is 49.7 Å². The fourth-order valence-electron chi connectivity index (χ4n) is 7.81. The highest BCUT2D eigenvalue weighted by molar-refractivity contribution is 5.88. The van der Waals surface area contributed by atoms with E-state index >= 15 is 0 Å². The molecule has 7 rings (SSSR count). The zero-order valence-electron chi connectivity index (χ0n) is 26.8. The molecule has 2 aliphatic carbocycles. The van der Waals surface area contributed by atoms with Crippen LogP contribution in [0.5, 0.6) is 0 Å². The van der Waals surface area contributed by atoms with Gasteiger partial charge in [0.1, 0.15) is 12.4 Å². The van der Waals surface area contributed by atoms with Crippen LogP contribution in [-0.2, 0) is 16.6 Å². The van der Waals surface area contributed by atoms with Gasteiger partial charge < -0.3 is 14.9 Å². The van der Waals surface area contributed by atoms with Crippen molar-refractivity contribution in [3.8, 4) is 22.3 Å². The Hall–Kier alpha value is -4.96. The Bertz CT molecular complexity index is 1940. The molecule has 3 heteroatoms. The highest BCUT2D eigenvalue weighted by Crippen LogP contribution is 2.59. The van der Waals surface area contributed by atoms with Gasteiger partial charge in [-0.15, -0.1) is 0 Å². The third-order valence-corrected chi connectivity index (χ3v) is 9.72. The molecule has 0 amide bonds. The van der Waals surface area contributed by atoms with E-state index in [4.69, 9.17) is 4.74 Å². The number of hydrogen-bond acceptors (Lipinski definition) is 3. The third-order valence-electron chi connectivity index (χ3n) is 9.72. The van der Waals surface area contributed by atoms with Gasteiger partial charge >= 0.3 is 0 Å². The molecule has 0 bridgehead atoms. The first-order chi connectivity index (χ1) is 23.2. The minimum absolute atomic E-state index is 0.0556. The van der Waals surface area contributed by atoms with Crippen LogP contribution in [0.4, 0.5) is 0 Å². The molecule has 0 atom stereocenters. The number of rotatable bonds is 10. The number of allylic oxidation sites excluding steroid dienone is 5. The molecule has 5 aromatic rings. The summed E-state index contributed by atoms with van der Waals surface area (Å²) < 4.78 is 6.43. The Kier molecular flexibility index (Phi) is 8.76. The van der Waals surface area contributed by atoms with Crippen molar-refractivity contribution in [2.24, 2.45) is 0 Å². The smallest absolute Gasteiger partial charge is 0.111 e. The molecule has 234 valence electrons. The number of benzene rings is 5. The van der Waals surface area contributed by atoms with Crippen molar-refractivity contribution in [2.75, 3.05) is 19.8 Å². The van der Waals surface area contributed by atoms with Crippen molar-refractivity contribution in [1.82, 2.24) is 0 Å². The highest BCUT2D eigenvalue weighted by Gasteiger charge is 2.48. The van der Waals surface area contributed by atoms with Crippen LogP contribution in [-0.4, -0.2) is 30.0 Å². The number of ether oxygens (including phenoxy) is 1. The quantitative estimate of drug-likeness (QED) is 0.165. The van der Waals surface area contributed by atoms with Crippen LogP contribution in [0.3, 0.4) is 0 Å². The van der Waals surface area contributed by atoms with E-state index in [-0.39, 0.29) is 19.8 Å². The van der Waals surface area contributed by atoms with Gasteiger partial charge in [-0.1, -0.05) is 140 Å². The summed E-state index contributed by atoms with van der Waals surface area (Å²) in [6.07, 6.45) is 8.70. The molecule has 0 saturated carbocycles. The lowest BCUT2D eigenvalue weighted by Gasteiger charge is -2.38. The van der Waals surface area contributed by atoms with Crippen LogP contribution in [0, 0.1) is 6.92 Å².